The summed E-state index contributed by atoms with van der Waals surface area (Å²) in [5.74, 6) is 1.96. The minimum Gasteiger partial charge on any atom is -0.486 e. The Bertz CT molecular complexity index is 790. The zero-order chi connectivity index (χ0) is 20.8. The third kappa shape index (κ3) is 4.90. The van der Waals surface area contributed by atoms with Crippen molar-refractivity contribution in [3.63, 3.8) is 0 Å². The first-order valence-electron chi connectivity index (χ1n) is 11.3. The van der Waals surface area contributed by atoms with E-state index >= 15 is 0 Å². The molecule has 2 atom stereocenters. The number of aliphatic hydroxyl groups is 1. The van der Waals surface area contributed by atoms with Crippen LogP contribution in [0.5, 0.6) is 11.5 Å². The van der Waals surface area contributed by atoms with Crippen LogP contribution in [0.15, 0.2) is 48.5 Å². The van der Waals surface area contributed by atoms with Crippen LogP contribution < -0.4 is 14.4 Å². The van der Waals surface area contributed by atoms with E-state index in [-0.39, 0.29) is 12.0 Å². The monoisotopic (exact) mass is 410 g/mol. The van der Waals surface area contributed by atoms with E-state index in [0.717, 1.165) is 69.2 Å². The molecule has 0 aliphatic carbocycles. The number of ether oxygens (including phenoxy) is 2. The van der Waals surface area contributed by atoms with Crippen molar-refractivity contribution >= 4 is 5.69 Å². The number of nitrogens with zero attached hydrogens (tertiary/aromatic N) is 2. The zero-order valence-electron chi connectivity index (χ0n) is 18.0. The van der Waals surface area contributed by atoms with E-state index in [1.54, 1.807) is 0 Å². The molecule has 0 amide bonds. The van der Waals surface area contributed by atoms with Gasteiger partial charge in [-0.25, -0.2) is 0 Å². The van der Waals surface area contributed by atoms with Gasteiger partial charge in [-0.15, -0.1) is 0 Å². The Hall–Kier alpha value is -2.24. The predicted molar refractivity (Wildman–Crippen MR) is 121 cm³/mol. The smallest absolute Gasteiger partial charge is 0.184 e. The molecule has 0 spiro atoms. The van der Waals surface area contributed by atoms with Crippen LogP contribution >= 0.6 is 0 Å². The fourth-order valence-corrected chi connectivity index (χ4v) is 4.62. The molecular weight excluding hydrogens is 376 g/mol. The third-order valence-corrected chi connectivity index (χ3v) is 6.29. The van der Waals surface area contributed by atoms with Crippen molar-refractivity contribution in [2.45, 2.75) is 38.2 Å². The molecular formula is C25H34N2O3. The van der Waals surface area contributed by atoms with Gasteiger partial charge in [0.25, 0.3) is 0 Å². The molecule has 2 unspecified atom stereocenters. The first-order chi connectivity index (χ1) is 14.8. The van der Waals surface area contributed by atoms with E-state index in [1.165, 1.54) is 5.56 Å². The second-order valence-electron chi connectivity index (χ2n) is 8.29. The quantitative estimate of drug-likeness (QED) is 0.715. The molecule has 162 valence electrons. The number of rotatable bonds is 8. The second kappa shape index (κ2) is 10.2. The fourth-order valence-electron chi connectivity index (χ4n) is 4.62. The van der Waals surface area contributed by atoms with Crippen LogP contribution in [0.1, 0.15) is 37.7 Å². The first kappa shape index (κ1) is 21.0. The molecule has 2 aliphatic heterocycles. The highest BCUT2D eigenvalue weighted by molar-refractivity contribution is 5.65. The maximum absolute atomic E-state index is 10.7. The van der Waals surface area contributed by atoms with Crippen molar-refractivity contribution in [2.24, 2.45) is 0 Å². The average Bonchev–Trinajstić information content (AvgIpc) is 2.80. The highest BCUT2D eigenvalue weighted by Crippen LogP contribution is 2.39. The summed E-state index contributed by atoms with van der Waals surface area (Å²) in [4.78, 5) is 4.93. The molecule has 1 saturated heterocycles. The van der Waals surface area contributed by atoms with E-state index in [0.29, 0.717) is 13.2 Å². The number of aliphatic hydroxyl groups excluding tert-OH is 1. The zero-order valence-corrected chi connectivity index (χ0v) is 18.0. The van der Waals surface area contributed by atoms with E-state index < -0.39 is 0 Å². The molecule has 1 fully saturated rings. The van der Waals surface area contributed by atoms with E-state index in [4.69, 9.17) is 9.47 Å². The first-order valence-corrected chi connectivity index (χ1v) is 11.3. The van der Waals surface area contributed by atoms with Crippen LogP contribution in [-0.2, 0) is 0 Å². The Morgan fingerprint density at radius 1 is 0.900 bits per heavy atom. The van der Waals surface area contributed by atoms with Crippen LogP contribution in [-0.4, -0.2) is 62.0 Å². The molecule has 1 N–H and O–H groups in total. The van der Waals surface area contributed by atoms with Crippen molar-refractivity contribution in [2.75, 3.05) is 50.8 Å². The fraction of sp³-hybridized carbons (Fsp3) is 0.520. The summed E-state index contributed by atoms with van der Waals surface area (Å²) >= 11 is 0. The molecule has 0 radical (unpaired) electrons. The molecule has 5 nitrogen and oxygen atoms in total. The number of piperazine rings is 1. The number of benzene rings is 2. The highest BCUT2D eigenvalue weighted by Gasteiger charge is 2.25. The Morgan fingerprint density at radius 2 is 1.67 bits per heavy atom. The standard InChI is InChI=1S/C25H34N2O3/c1-2-7-23(28)21(20-8-4-3-5-9-20)12-13-26-14-16-27(17-15-26)22-10-6-11-24-25(22)30-19-18-29-24/h3-6,8-11,21,23,28H,2,7,12-19H2,1H3. The molecule has 2 aromatic carbocycles. The summed E-state index contributed by atoms with van der Waals surface area (Å²) in [7, 11) is 0. The highest BCUT2D eigenvalue weighted by atomic mass is 16.6. The molecule has 0 bridgehead atoms. The second-order valence-corrected chi connectivity index (χ2v) is 8.29. The van der Waals surface area contributed by atoms with Gasteiger partial charge in [0.05, 0.1) is 11.8 Å². The van der Waals surface area contributed by atoms with Crippen LogP contribution in [0.25, 0.3) is 0 Å². The lowest BCUT2D eigenvalue weighted by molar-refractivity contribution is 0.119. The lowest BCUT2D eigenvalue weighted by atomic mass is 9.88. The van der Waals surface area contributed by atoms with E-state index in [9.17, 15) is 5.11 Å². The maximum atomic E-state index is 10.7. The minimum absolute atomic E-state index is 0.205. The van der Waals surface area contributed by atoms with Gasteiger partial charge in [-0.3, -0.25) is 4.90 Å². The van der Waals surface area contributed by atoms with Crippen LogP contribution in [0, 0.1) is 0 Å². The van der Waals surface area contributed by atoms with Crippen molar-refractivity contribution in [3.05, 3.63) is 54.1 Å². The number of para-hydroxylation sites is 1. The molecule has 30 heavy (non-hydrogen) atoms. The predicted octanol–water partition coefficient (Wildman–Crippen LogP) is 3.91. The van der Waals surface area contributed by atoms with Gasteiger partial charge in [-0.2, -0.15) is 0 Å². The van der Waals surface area contributed by atoms with E-state index in [2.05, 4.69) is 53.1 Å². The SMILES string of the molecule is CCCC(O)C(CCN1CCN(c2cccc3c2OCCO3)CC1)c1ccccc1. The topological polar surface area (TPSA) is 45.2 Å². The van der Waals surface area contributed by atoms with Crippen molar-refractivity contribution < 1.29 is 14.6 Å². The largest absolute Gasteiger partial charge is 0.486 e. The molecule has 4 rings (SSSR count). The van der Waals surface area contributed by atoms with Crippen molar-refractivity contribution in [3.8, 4) is 11.5 Å². The van der Waals surface area contributed by atoms with Gasteiger partial charge < -0.3 is 19.5 Å². The van der Waals surface area contributed by atoms with Crippen molar-refractivity contribution in [1.29, 1.82) is 0 Å². The number of hydrogen-bond donors (Lipinski definition) is 1. The van der Waals surface area contributed by atoms with Gasteiger partial charge in [0.2, 0.25) is 0 Å². The summed E-state index contributed by atoms with van der Waals surface area (Å²) in [5, 5.41) is 10.7. The third-order valence-electron chi connectivity index (χ3n) is 6.29. The molecule has 2 heterocycles. The Kier molecular flexibility index (Phi) is 7.13. The number of anilines is 1. The van der Waals surface area contributed by atoms with Gasteiger partial charge in [0.1, 0.15) is 13.2 Å². The van der Waals surface area contributed by atoms with Crippen LogP contribution in [0.3, 0.4) is 0 Å². The van der Waals surface area contributed by atoms with Crippen LogP contribution in [0.2, 0.25) is 0 Å². The van der Waals surface area contributed by atoms with Gasteiger partial charge in [-0.1, -0.05) is 49.7 Å². The van der Waals surface area contributed by atoms with Crippen LogP contribution in [0.4, 0.5) is 5.69 Å². The van der Waals surface area contributed by atoms with Gasteiger partial charge >= 0.3 is 0 Å². The maximum Gasteiger partial charge on any atom is 0.184 e. The Morgan fingerprint density at radius 3 is 2.43 bits per heavy atom. The van der Waals surface area contributed by atoms with Gasteiger partial charge in [0, 0.05) is 32.1 Å². The lowest BCUT2D eigenvalue weighted by Gasteiger charge is -2.38. The van der Waals surface area contributed by atoms with Crippen molar-refractivity contribution in [1.82, 2.24) is 4.90 Å². The molecule has 5 heteroatoms. The average molecular weight is 411 g/mol. The normalized spacial score (nSPS) is 18.8. The summed E-state index contributed by atoms with van der Waals surface area (Å²) in [6.45, 7) is 8.40. The Balaban J connectivity index is 1.34. The molecule has 2 aliphatic rings. The lowest BCUT2D eigenvalue weighted by Crippen LogP contribution is -2.47. The molecule has 0 saturated carbocycles. The number of hydrogen-bond acceptors (Lipinski definition) is 5. The molecule has 2 aromatic rings. The van der Waals surface area contributed by atoms with Gasteiger partial charge in [0.15, 0.2) is 11.5 Å². The number of fused-ring (bicyclic) bond motifs is 1. The summed E-state index contributed by atoms with van der Waals surface area (Å²) in [6.07, 6.45) is 2.58. The summed E-state index contributed by atoms with van der Waals surface area (Å²) in [6, 6.07) is 16.7. The molecule has 0 aromatic heterocycles. The Labute approximate surface area is 180 Å². The summed E-state index contributed by atoms with van der Waals surface area (Å²) in [5.41, 5.74) is 2.40. The van der Waals surface area contributed by atoms with E-state index in [1.807, 2.05) is 12.1 Å². The summed E-state index contributed by atoms with van der Waals surface area (Å²) < 4.78 is 11.6. The van der Waals surface area contributed by atoms with Gasteiger partial charge in [-0.05, 0) is 37.1 Å². The minimum atomic E-state index is -0.272.